The summed E-state index contributed by atoms with van der Waals surface area (Å²) < 4.78 is 0. The molecular weight excluding hydrogens is 270 g/mol. The third kappa shape index (κ3) is 3.64. The minimum absolute atomic E-state index is 0.256. The molecule has 108 valence electrons. The summed E-state index contributed by atoms with van der Waals surface area (Å²) in [5, 5.41) is 25.0. The van der Waals surface area contributed by atoms with Gasteiger partial charge in [-0.2, -0.15) is 5.21 Å². The monoisotopic (exact) mass is 285 g/mol. The minimum Gasteiger partial charge on any atom is -0.384 e. The highest BCUT2D eigenvalue weighted by Gasteiger charge is 2.16. The molecule has 1 heterocycles. The summed E-state index contributed by atoms with van der Waals surface area (Å²) in [5.74, 6) is 5.45. The molecule has 7 heteroatoms. The topological polar surface area (TPSA) is 104 Å². The van der Waals surface area contributed by atoms with Crippen molar-refractivity contribution in [2.75, 3.05) is 6.61 Å². The van der Waals surface area contributed by atoms with Crippen LogP contribution in [-0.2, 0) is 0 Å². The second-order valence-electron chi connectivity index (χ2n) is 4.47. The lowest BCUT2D eigenvalue weighted by atomic mass is 10.0. The predicted molar refractivity (Wildman–Crippen MR) is 75.2 cm³/mol. The first-order valence-corrected chi connectivity index (χ1v) is 6.36. The standard InChI is InChI=1S/C14H15N5O2/c1-9-5-6-12(11(8-9)4-3-7-20)14(21)15-10(2)13-16-18-19-17-13/h5-6,8,10,20H,7H2,1-2H3,(H,15,21)(H,16,17,18,19). The van der Waals surface area contributed by atoms with E-state index in [9.17, 15) is 4.79 Å². The summed E-state index contributed by atoms with van der Waals surface area (Å²) in [6.07, 6.45) is 0. The zero-order valence-electron chi connectivity index (χ0n) is 11.7. The number of aryl methyl sites for hydroxylation is 1. The van der Waals surface area contributed by atoms with Crippen LogP contribution in [0.25, 0.3) is 0 Å². The number of benzene rings is 1. The summed E-state index contributed by atoms with van der Waals surface area (Å²) >= 11 is 0. The van der Waals surface area contributed by atoms with Crippen LogP contribution in [-0.4, -0.2) is 38.2 Å². The number of aromatic nitrogens is 4. The molecule has 0 radical (unpaired) electrons. The molecular formula is C14H15N5O2. The van der Waals surface area contributed by atoms with Crippen molar-refractivity contribution in [3.8, 4) is 11.8 Å². The fourth-order valence-electron chi connectivity index (χ4n) is 1.79. The Morgan fingerprint density at radius 2 is 2.33 bits per heavy atom. The van der Waals surface area contributed by atoms with Crippen molar-refractivity contribution in [2.45, 2.75) is 19.9 Å². The van der Waals surface area contributed by atoms with Gasteiger partial charge in [0.15, 0.2) is 5.82 Å². The van der Waals surface area contributed by atoms with Crippen LogP contribution >= 0.6 is 0 Å². The zero-order valence-corrected chi connectivity index (χ0v) is 11.7. The molecule has 0 aliphatic carbocycles. The lowest BCUT2D eigenvalue weighted by molar-refractivity contribution is 0.0938. The number of tetrazole rings is 1. The number of aromatic amines is 1. The van der Waals surface area contributed by atoms with Crippen LogP contribution in [0.4, 0.5) is 0 Å². The van der Waals surface area contributed by atoms with Gasteiger partial charge in [-0.3, -0.25) is 4.79 Å². The molecule has 1 unspecified atom stereocenters. The van der Waals surface area contributed by atoms with E-state index in [1.54, 1.807) is 19.1 Å². The van der Waals surface area contributed by atoms with Gasteiger partial charge in [-0.15, -0.1) is 10.2 Å². The van der Waals surface area contributed by atoms with Crippen molar-refractivity contribution >= 4 is 5.91 Å². The van der Waals surface area contributed by atoms with Crippen LogP contribution in [0.1, 0.15) is 40.3 Å². The summed E-state index contributed by atoms with van der Waals surface area (Å²) in [4.78, 5) is 12.3. The molecule has 0 saturated heterocycles. The Balaban J connectivity index is 2.22. The molecule has 21 heavy (non-hydrogen) atoms. The minimum atomic E-state index is -0.379. The number of aliphatic hydroxyl groups is 1. The smallest absolute Gasteiger partial charge is 0.253 e. The SMILES string of the molecule is Cc1ccc(C(=O)NC(C)c2nn[nH]n2)c(C#CCO)c1. The fourth-order valence-corrected chi connectivity index (χ4v) is 1.79. The highest BCUT2D eigenvalue weighted by molar-refractivity contribution is 5.97. The van der Waals surface area contributed by atoms with E-state index in [0.29, 0.717) is 17.0 Å². The summed E-state index contributed by atoms with van der Waals surface area (Å²) in [6.45, 7) is 3.41. The van der Waals surface area contributed by atoms with Gasteiger partial charge in [-0.05, 0) is 31.5 Å². The molecule has 0 aliphatic heterocycles. The van der Waals surface area contributed by atoms with E-state index < -0.39 is 0 Å². The van der Waals surface area contributed by atoms with E-state index in [-0.39, 0.29) is 18.6 Å². The maximum absolute atomic E-state index is 12.3. The Labute approximate surface area is 121 Å². The van der Waals surface area contributed by atoms with Crippen molar-refractivity contribution in [1.82, 2.24) is 25.9 Å². The van der Waals surface area contributed by atoms with Crippen LogP contribution in [0, 0.1) is 18.8 Å². The number of carbonyl (C=O) groups excluding carboxylic acids is 1. The molecule has 0 bridgehead atoms. The van der Waals surface area contributed by atoms with Gasteiger partial charge >= 0.3 is 0 Å². The van der Waals surface area contributed by atoms with Crippen LogP contribution in [0.3, 0.4) is 0 Å². The quantitative estimate of drug-likeness (QED) is 0.706. The molecule has 1 amide bonds. The number of amides is 1. The van der Waals surface area contributed by atoms with Crippen molar-refractivity contribution in [3.63, 3.8) is 0 Å². The van der Waals surface area contributed by atoms with Crippen molar-refractivity contribution < 1.29 is 9.90 Å². The largest absolute Gasteiger partial charge is 0.384 e. The van der Waals surface area contributed by atoms with E-state index in [0.717, 1.165) is 5.56 Å². The van der Waals surface area contributed by atoms with Crippen molar-refractivity contribution in [1.29, 1.82) is 0 Å². The van der Waals surface area contributed by atoms with E-state index in [1.807, 2.05) is 13.0 Å². The predicted octanol–water partition coefficient (Wildman–Crippen LogP) is 0.343. The number of hydrogen-bond acceptors (Lipinski definition) is 5. The third-order valence-electron chi connectivity index (χ3n) is 2.82. The van der Waals surface area contributed by atoms with Gasteiger partial charge in [0.05, 0.1) is 11.6 Å². The molecule has 0 aliphatic rings. The molecule has 0 spiro atoms. The number of aliphatic hydroxyl groups excluding tert-OH is 1. The summed E-state index contributed by atoms with van der Waals surface area (Å²) in [5.41, 5.74) is 2.00. The zero-order chi connectivity index (χ0) is 15.2. The Morgan fingerprint density at radius 1 is 1.52 bits per heavy atom. The average Bonchev–Trinajstić information content (AvgIpc) is 2.99. The average molecular weight is 285 g/mol. The lowest BCUT2D eigenvalue weighted by Crippen LogP contribution is -2.28. The number of carbonyl (C=O) groups is 1. The molecule has 1 atom stereocenters. The molecule has 2 aromatic rings. The Hall–Kier alpha value is -2.72. The van der Waals surface area contributed by atoms with Gasteiger partial charge in [0, 0.05) is 5.56 Å². The van der Waals surface area contributed by atoms with E-state index >= 15 is 0 Å². The maximum Gasteiger partial charge on any atom is 0.253 e. The van der Waals surface area contributed by atoms with Gasteiger partial charge in [-0.1, -0.05) is 23.1 Å². The molecule has 1 aromatic heterocycles. The molecule has 1 aromatic carbocycles. The Kier molecular flexibility index (Phi) is 4.64. The molecule has 0 saturated carbocycles. The van der Waals surface area contributed by atoms with Gasteiger partial charge in [0.1, 0.15) is 6.61 Å². The van der Waals surface area contributed by atoms with E-state index in [1.165, 1.54) is 0 Å². The first-order valence-electron chi connectivity index (χ1n) is 6.36. The van der Waals surface area contributed by atoms with Gasteiger partial charge in [0.2, 0.25) is 0 Å². The number of hydrogen-bond donors (Lipinski definition) is 3. The maximum atomic E-state index is 12.3. The van der Waals surface area contributed by atoms with Gasteiger partial charge in [0.25, 0.3) is 5.91 Å². The number of nitrogens with one attached hydrogen (secondary N) is 2. The number of nitrogens with zero attached hydrogens (tertiary/aromatic N) is 3. The van der Waals surface area contributed by atoms with Crippen LogP contribution < -0.4 is 5.32 Å². The van der Waals surface area contributed by atoms with Crippen molar-refractivity contribution in [2.24, 2.45) is 0 Å². The van der Waals surface area contributed by atoms with Crippen LogP contribution in [0.15, 0.2) is 18.2 Å². The first-order chi connectivity index (χ1) is 10.1. The molecule has 0 fully saturated rings. The fraction of sp³-hybridized carbons (Fsp3) is 0.286. The van der Waals surface area contributed by atoms with Crippen LogP contribution in [0.5, 0.6) is 0 Å². The number of rotatable bonds is 3. The molecule has 3 N–H and O–H groups in total. The lowest BCUT2D eigenvalue weighted by Gasteiger charge is -2.11. The highest BCUT2D eigenvalue weighted by Crippen LogP contribution is 2.13. The number of H-pyrrole nitrogens is 1. The second kappa shape index (κ2) is 6.63. The van der Waals surface area contributed by atoms with Crippen molar-refractivity contribution in [3.05, 3.63) is 40.7 Å². The normalized spacial score (nSPS) is 11.4. The molecule has 7 nitrogen and oxygen atoms in total. The molecule has 2 rings (SSSR count). The van der Waals surface area contributed by atoms with Gasteiger partial charge < -0.3 is 10.4 Å². The second-order valence-corrected chi connectivity index (χ2v) is 4.47. The Bertz CT molecular complexity index is 685. The van der Waals surface area contributed by atoms with Crippen LogP contribution in [0.2, 0.25) is 0 Å². The highest BCUT2D eigenvalue weighted by atomic mass is 16.2. The summed E-state index contributed by atoms with van der Waals surface area (Å²) in [6, 6.07) is 4.96. The Morgan fingerprint density at radius 3 is 3.00 bits per heavy atom. The first kappa shape index (κ1) is 14.7. The summed E-state index contributed by atoms with van der Waals surface area (Å²) in [7, 11) is 0. The third-order valence-corrected chi connectivity index (χ3v) is 2.82. The van der Waals surface area contributed by atoms with Gasteiger partial charge in [-0.25, -0.2) is 0 Å². The van der Waals surface area contributed by atoms with E-state index in [4.69, 9.17) is 5.11 Å². The van der Waals surface area contributed by atoms with E-state index in [2.05, 4.69) is 37.8 Å².